The molecule has 202 valence electrons. The second-order valence-electron chi connectivity index (χ2n) is 9.35. The molecule has 1 aromatic heterocycles. The highest BCUT2D eigenvalue weighted by molar-refractivity contribution is 5.97. The lowest BCUT2D eigenvalue weighted by Gasteiger charge is -2.27. The van der Waals surface area contributed by atoms with Gasteiger partial charge in [0.05, 0.1) is 20.1 Å². The largest absolute Gasteiger partial charge is 0.496 e. The van der Waals surface area contributed by atoms with E-state index in [1.54, 1.807) is 70.3 Å². The third kappa shape index (κ3) is 6.61. The molecule has 3 aromatic rings. The number of hydrogen-bond donors (Lipinski definition) is 1. The number of methoxy groups -OCH3 is 2. The Morgan fingerprint density at radius 1 is 1.03 bits per heavy atom. The highest BCUT2D eigenvalue weighted by Crippen LogP contribution is 2.31. The predicted molar refractivity (Wildman–Crippen MR) is 137 cm³/mol. The number of carboxylic acid groups (broad SMARTS) is 1. The van der Waals surface area contributed by atoms with Crippen LogP contribution in [0, 0.1) is 0 Å². The van der Waals surface area contributed by atoms with Gasteiger partial charge >= 0.3 is 18.2 Å². The monoisotopic (exact) mass is 525 g/mol. The van der Waals surface area contributed by atoms with E-state index in [0.29, 0.717) is 17.1 Å². The molecule has 0 spiro atoms. The number of rotatable bonds is 8. The molecule has 3 rings (SSSR count). The summed E-state index contributed by atoms with van der Waals surface area (Å²) in [5.74, 6) is -0.232. The molecule has 0 aliphatic carbocycles. The Balaban J connectivity index is 1.89. The standard InChI is InChI=1S/C27H31N3O8/c1-27(2,3)38-26(34)29(4)16-19(23-28-14-15-30(23)25(32)33)17-10-12-18(13-11-17)37-24(31)22-20(35-5)8-7-9-21(22)36-6/h7-15,19H,16H2,1-6H3,(H,32,33). The fraction of sp³-hybridized carbons (Fsp3) is 0.333. The summed E-state index contributed by atoms with van der Waals surface area (Å²) < 4.78 is 22.5. The van der Waals surface area contributed by atoms with Gasteiger partial charge in [-0.05, 0) is 50.6 Å². The second kappa shape index (κ2) is 11.7. The van der Waals surface area contributed by atoms with Gasteiger partial charge in [-0.15, -0.1) is 0 Å². The molecule has 11 nitrogen and oxygen atoms in total. The minimum atomic E-state index is -1.21. The van der Waals surface area contributed by atoms with Crippen LogP contribution in [-0.2, 0) is 4.74 Å². The number of nitrogens with zero attached hydrogens (tertiary/aromatic N) is 3. The molecular formula is C27H31N3O8. The maximum absolute atomic E-state index is 12.9. The number of carbonyl (C=O) groups is 3. The van der Waals surface area contributed by atoms with Crippen molar-refractivity contribution in [1.82, 2.24) is 14.5 Å². The summed E-state index contributed by atoms with van der Waals surface area (Å²) in [6.45, 7) is 5.35. The van der Waals surface area contributed by atoms with Crippen molar-refractivity contribution in [2.24, 2.45) is 0 Å². The van der Waals surface area contributed by atoms with E-state index in [4.69, 9.17) is 18.9 Å². The summed E-state index contributed by atoms with van der Waals surface area (Å²) in [5.41, 5.74) is 0.0847. The van der Waals surface area contributed by atoms with Gasteiger partial charge in [0.2, 0.25) is 0 Å². The van der Waals surface area contributed by atoms with Gasteiger partial charge < -0.3 is 29.0 Å². The fourth-order valence-electron chi connectivity index (χ4n) is 3.74. The summed E-state index contributed by atoms with van der Waals surface area (Å²) in [4.78, 5) is 42.9. The van der Waals surface area contributed by atoms with Gasteiger partial charge in [-0.25, -0.2) is 23.9 Å². The lowest BCUT2D eigenvalue weighted by Crippen LogP contribution is -2.37. The van der Waals surface area contributed by atoms with Gasteiger partial charge in [0.15, 0.2) is 0 Å². The maximum Gasteiger partial charge on any atom is 0.417 e. The van der Waals surface area contributed by atoms with Crippen LogP contribution < -0.4 is 14.2 Å². The van der Waals surface area contributed by atoms with Gasteiger partial charge in [-0.2, -0.15) is 0 Å². The van der Waals surface area contributed by atoms with Crippen molar-refractivity contribution in [1.29, 1.82) is 0 Å². The molecule has 0 radical (unpaired) electrons. The van der Waals surface area contributed by atoms with Gasteiger partial charge in [-0.3, -0.25) is 0 Å². The van der Waals surface area contributed by atoms with Crippen LogP contribution in [0.5, 0.6) is 17.2 Å². The van der Waals surface area contributed by atoms with Gasteiger partial charge in [0, 0.05) is 26.0 Å². The first-order valence-corrected chi connectivity index (χ1v) is 11.7. The lowest BCUT2D eigenvalue weighted by molar-refractivity contribution is 0.0292. The second-order valence-corrected chi connectivity index (χ2v) is 9.35. The average Bonchev–Trinajstić information content (AvgIpc) is 3.36. The van der Waals surface area contributed by atoms with Gasteiger partial charge in [-0.1, -0.05) is 18.2 Å². The molecule has 1 amide bonds. The number of aromatic nitrogens is 2. The third-order valence-corrected chi connectivity index (χ3v) is 5.47. The van der Waals surface area contributed by atoms with E-state index in [0.717, 1.165) is 4.57 Å². The van der Waals surface area contributed by atoms with E-state index in [1.807, 2.05) is 0 Å². The normalized spacial score (nSPS) is 11.8. The topological polar surface area (TPSA) is 129 Å². The van der Waals surface area contributed by atoms with Crippen molar-refractivity contribution in [2.45, 2.75) is 32.3 Å². The first kappa shape index (κ1) is 28.0. The molecule has 11 heteroatoms. The minimum Gasteiger partial charge on any atom is -0.496 e. The Hall–Kier alpha value is -4.54. The highest BCUT2D eigenvalue weighted by atomic mass is 16.6. The Morgan fingerprint density at radius 2 is 1.63 bits per heavy atom. The van der Waals surface area contributed by atoms with E-state index in [2.05, 4.69) is 4.98 Å². The van der Waals surface area contributed by atoms with Crippen LogP contribution in [-0.4, -0.2) is 71.1 Å². The summed E-state index contributed by atoms with van der Waals surface area (Å²) in [6.07, 6.45) is 0.932. The van der Waals surface area contributed by atoms with E-state index < -0.39 is 29.7 Å². The third-order valence-electron chi connectivity index (χ3n) is 5.47. The smallest absolute Gasteiger partial charge is 0.417 e. The molecule has 1 atom stereocenters. The fourth-order valence-corrected chi connectivity index (χ4v) is 3.74. The molecular weight excluding hydrogens is 494 g/mol. The van der Waals surface area contributed by atoms with Gasteiger partial charge in [0.25, 0.3) is 0 Å². The van der Waals surface area contributed by atoms with Crippen LogP contribution in [0.4, 0.5) is 9.59 Å². The molecule has 0 saturated carbocycles. The molecule has 0 aliphatic rings. The van der Waals surface area contributed by atoms with E-state index in [9.17, 15) is 19.5 Å². The Morgan fingerprint density at radius 3 is 2.16 bits per heavy atom. The summed E-state index contributed by atoms with van der Waals surface area (Å²) >= 11 is 0. The predicted octanol–water partition coefficient (Wildman–Crippen LogP) is 4.64. The molecule has 2 aromatic carbocycles. The number of amides is 1. The van der Waals surface area contributed by atoms with Crippen LogP contribution in [0.1, 0.15) is 48.4 Å². The van der Waals surface area contributed by atoms with Crippen molar-refractivity contribution in [3.05, 3.63) is 71.8 Å². The van der Waals surface area contributed by atoms with Crippen molar-refractivity contribution >= 4 is 18.2 Å². The van der Waals surface area contributed by atoms with Crippen molar-refractivity contribution < 1.29 is 38.4 Å². The quantitative estimate of drug-likeness (QED) is 0.330. The molecule has 0 saturated heterocycles. The Labute approximate surface area is 220 Å². The lowest BCUT2D eigenvalue weighted by atomic mass is 9.97. The summed E-state index contributed by atoms with van der Waals surface area (Å²) in [6, 6.07) is 11.4. The number of hydrogen-bond acceptors (Lipinski definition) is 8. The summed E-state index contributed by atoms with van der Waals surface area (Å²) in [7, 11) is 4.44. The van der Waals surface area contributed by atoms with Crippen LogP contribution in [0.25, 0.3) is 0 Å². The molecule has 38 heavy (non-hydrogen) atoms. The van der Waals surface area contributed by atoms with E-state index in [-0.39, 0.29) is 23.7 Å². The maximum atomic E-state index is 12.9. The molecule has 1 N–H and O–H groups in total. The molecule has 0 fully saturated rings. The van der Waals surface area contributed by atoms with Gasteiger partial charge in [0.1, 0.15) is 34.2 Å². The zero-order valence-electron chi connectivity index (χ0n) is 22.1. The van der Waals surface area contributed by atoms with Crippen LogP contribution in [0.2, 0.25) is 0 Å². The minimum absolute atomic E-state index is 0.0801. The SMILES string of the molecule is COc1cccc(OC)c1C(=O)Oc1ccc(C(CN(C)C(=O)OC(C)(C)C)c2nccn2C(=O)O)cc1. The molecule has 1 unspecified atom stereocenters. The van der Waals surface area contributed by atoms with Crippen molar-refractivity contribution in [2.75, 3.05) is 27.8 Å². The Kier molecular flexibility index (Phi) is 8.61. The van der Waals surface area contributed by atoms with E-state index in [1.165, 1.54) is 31.5 Å². The van der Waals surface area contributed by atoms with E-state index >= 15 is 0 Å². The summed E-state index contributed by atoms with van der Waals surface area (Å²) in [5, 5.41) is 9.62. The number of esters is 1. The van der Waals surface area contributed by atoms with Crippen LogP contribution in [0.15, 0.2) is 54.9 Å². The molecule has 1 heterocycles. The number of benzene rings is 2. The molecule has 0 bridgehead atoms. The van der Waals surface area contributed by atoms with Crippen molar-refractivity contribution in [3.63, 3.8) is 0 Å². The Bertz CT molecular complexity index is 1270. The van der Waals surface area contributed by atoms with Crippen LogP contribution in [0.3, 0.4) is 0 Å². The van der Waals surface area contributed by atoms with Crippen molar-refractivity contribution in [3.8, 4) is 17.2 Å². The average molecular weight is 526 g/mol. The number of imidazole rings is 1. The first-order chi connectivity index (χ1) is 17.9. The first-order valence-electron chi connectivity index (χ1n) is 11.7. The number of carbonyl (C=O) groups excluding carboxylic acids is 2. The zero-order chi connectivity index (χ0) is 28.0. The van der Waals surface area contributed by atoms with Crippen LogP contribution >= 0.6 is 0 Å². The number of likely N-dealkylation sites (N-methyl/N-ethyl adjacent to an activating group) is 1. The molecule has 0 aliphatic heterocycles. The number of ether oxygens (including phenoxy) is 4. The highest BCUT2D eigenvalue weighted by Gasteiger charge is 2.28. The zero-order valence-corrected chi connectivity index (χ0v) is 22.1.